The van der Waals surface area contributed by atoms with Crippen molar-refractivity contribution in [1.82, 2.24) is 5.32 Å². The van der Waals surface area contributed by atoms with Gasteiger partial charge in [-0.15, -0.1) is 0 Å². The van der Waals surface area contributed by atoms with E-state index in [0.29, 0.717) is 24.3 Å². The molecule has 1 amide bonds. The normalized spacial score (nSPS) is 12.4. The molecule has 0 radical (unpaired) electrons. The van der Waals surface area contributed by atoms with E-state index in [1.807, 2.05) is 36.4 Å². The zero-order chi connectivity index (χ0) is 21.6. The van der Waals surface area contributed by atoms with Crippen LogP contribution in [-0.4, -0.2) is 18.6 Å². The van der Waals surface area contributed by atoms with Crippen LogP contribution in [0.25, 0.3) is 11.0 Å². The smallest absolute Gasteiger partial charge is 0.407 e. The quantitative estimate of drug-likeness (QED) is 0.269. The van der Waals surface area contributed by atoms with E-state index in [0.717, 1.165) is 41.3 Å². The van der Waals surface area contributed by atoms with Crippen molar-refractivity contribution in [2.75, 3.05) is 6.54 Å². The maximum Gasteiger partial charge on any atom is 0.407 e. The lowest BCUT2D eigenvalue weighted by Gasteiger charge is -2.08. The molecular weight excluding hydrogens is 398 g/mol. The Morgan fingerprint density at radius 3 is 2.68 bits per heavy atom. The topological polar surface area (TPSA) is 94.8 Å². The Bertz CT molecular complexity index is 1150. The highest BCUT2D eigenvalue weighted by atomic mass is 16.5. The highest BCUT2D eigenvalue weighted by Crippen LogP contribution is 2.29. The predicted octanol–water partition coefficient (Wildman–Crippen LogP) is 3.89. The number of hydrogen-bond acceptors (Lipinski definition) is 6. The second kappa shape index (κ2) is 9.47. The van der Waals surface area contributed by atoms with Gasteiger partial charge in [-0.25, -0.2) is 9.59 Å². The van der Waals surface area contributed by atoms with E-state index in [2.05, 4.69) is 5.32 Å². The second-order valence-electron chi connectivity index (χ2n) is 7.42. The summed E-state index contributed by atoms with van der Waals surface area (Å²) in [5.41, 5.74) is 2.81. The van der Waals surface area contributed by atoms with Gasteiger partial charge in [-0.3, -0.25) is 4.79 Å². The molecule has 1 aromatic heterocycles. The zero-order valence-electron chi connectivity index (χ0n) is 17.0. The van der Waals surface area contributed by atoms with Gasteiger partial charge in [0, 0.05) is 30.0 Å². The van der Waals surface area contributed by atoms with Crippen LogP contribution in [0.1, 0.15) is 36.0 Å². The zero-order valence-corrected chi connectivity index (χ0v) is 17.0. The van der Waals surface area contributed by atoms with Crippen molar-refractivity contribution in [3.05, 3.63) is 75.6 Å². The van der Waals surface area contributed by atoms with Crippen LogP contribution in [0.15, 0.2) is 57.7 Å². The molecule has 0 saturated carbocycles. The molecule has 7 nitrogen and oxygen atoms in total. The molecule has 1 aliphatic rings. The first-order chi connectivity index (χ1) is 15.1. The monoisotopic (exact) mass is 421 g/mol. The Labute approximate surface area is 179 Å². The number of rotatable bonds is 7. The lowest BCUT2D eigenvalue weighted by molar-refractivity contribution is -0.134. The molecule has 2 aromatic carbocycles. The second-order valence-corrected chi connectivity index (χ2v) is 7.42. The number of ether oxygens (including phenoxy) is 2. The van der Waals surface area contributed by atoms with Gasteiger partial charge < -0.3 is 19.2 Å². The van der Waals surface area contributed by atoms with Gasteiger partial charge in [-0.1, -0.05) is 30.3 Å². The standard InChI is InChI=1S/C24H23NO6/c26-22(10-5-13-25-24(28)29-15-16-6-2-1-3-7-16)30-17-11-12-19-18-8-4-9-20(18)23(27)31-21(19)14-17/h1-3,6-7,11-12,14H,4-5,8-10,13,15H2,(H,25,28). The first-order valence-electron chi connectivity index (χ1n) is 10.3. The number of alkyl carbamates (subject to hydrolysis) is 1. The fourth-order valence-electron chi connectivity index (χ4n) is 3.71. The van der Waals surface area contributed by atoms with Gasteiger partial charge in [0.25, 0.3) is 0 Å². The highest BCUT2D eigenvalue weighted by Gasteiger charge is 2.20. The third-order valence-corrected chi connectivity index (χ3v) is 5.22. The Morgan fingerprint density at radius 2 is 1.84 bits per heavy atom. The minimum absolute atomic E-state index is 0.130. The Balaban J connectivity index is 1.23. The van der Waals surface area contributed by atoms with Gasteiger partial charge in [0.1, 0.15) is 17.9 Å². The van der Waals surface area contributed by atoms with E-state index >= 15 is 0 Å². The first kappa shape index (κ1) is 20.7. The third kappa shape index (κ3) is 5.12. The molecular formula is C24H23NO6. The van der Waals surface area contributed by atoms with Crippen molar-refractivity contribution in [3.8, 4) is 5.75 Å². The first-order valence-corrected chi connectivity index (χ1v) is 10.3. The molecule has 0 bridgehead atoms. The largest absolute Gasteiger partial charge is 0.445 e. The van der Waals surface area contributed by atoms with E-state index in [1.165, 1.54) is 0 Å². The molecule has 1 aliphatic carbocycles. The van der Waals surface area contributed by atoms with Crippen molar-refractivity contribution in [2.24, 2.45) is 0 Å². The average molecular weight is 421 g/mol. The summed E-state index contributed by atoms with van der Waals surface area (Å²) < 4.78 is 15.9. The molecule has 0 unspecified atom stereocenters. The fraction of sp³-hybridized carbons (Fsp3) is 0.292. The predicted molar refractivity (Wildman–Crippen MR) is 114 cm³/mol. The van der Waals surface area contributed by atoms with Gasteiger partial charge in [0.2, 0.25) is 0 Å². The number of amides is 1. The molecule has 0 saturated heterocycles. The van der Waals surface area contributed by atoms with E-state index in [-0.39, 0.29) is 18.7 Å². The maximum atomic E-state index is 12.1. The van der Waals surface area contributed by atoms with Gasteiger partial charge in [-0.05, 0) is 48.9 Å². The van der Waals surface area contributed by atoms with Crippen LogP contribution in [0.3, 0.4) is 0 Å². The molecule has 4 rings (SSSR count). The molecule has 3 aromatic rings. The van der Waals surface area contributed by atoms with Crippen molar-refractivity contribution in [3.63, 3.8) is 0 Å². The van der Waals surface area contributed by atoms with Crippen LogP contribution < -0.4 is 15.7 Å². The molecule has 0 aliphatic heterocycles. The molecule has 0 fully saturated rings. The number of hydrogen-bond donors (Lipinski definition) is 1. The SMILES string of the molecule is O=C(CCCNC(=O)OCc1ccccc1)Oc1ccc2c3c(c(=O)oc2c1)CCC3. The van der Waals surface area contributed by atoms with E-state index < -0.39 is 12.1 Å². The van der Waals surface area contributed by atoms with Crippen molar-refractivity contribution < 1.29 is 23.5 Å². The summed E-state index contributed by atoms with van der Waals surface area (Å²) in [5, 5.41) is 3.50. The summed E-state index contributed by atoms with van der Waals surface area (Å²) in [4.78, 5) is 35.9. The van der Waals surface area contributed by atoms with Crippen LogP contribution >= 0.6 is 0 Å². The lowest BCUT2D eigenvalue weighted by Crippen LogP contribution is -2.26. The number of benzene rings is 2. The minimum atomic E-state index is -0.533. The minimum Gasteiger partial charge on any atom is -0.445 e. The van der Waals surface area contributed by atoms with Gasteiger partial charge in [0.05, 0.1) is 0 Å². The van der Waals surface area contributed by atoms with Crippen LogP contribution in [0, 0.1) is 0 Å². The molecule has 0 spiro atoms. The van der Waals surface area contributed by atoms with Crippen LogP contribution in [-0.2, 0) is 29.0 Å². The lowest BCUT2D eigenvalue weighted by atomic mass is 10.1. The average Bonchev–Trinajstić information content (AvgIpc) is 3.27. The molecule has 1 N–H and O–H groups in total. The molecule has 1 heterocycles. The third-order valence-electron chi connectivity index (χ3n) is 5.22. The number of carbonyl (C=O) groups is 2. The van der Waals surface area contributed by atoms with Crippen molar-refractivity contribution >= 4 is 23.0 Å². The molecule has 31 heavy (non-hydrogen) atoms. The maximum absolute atomic E-state index is 12.1. The van der Waals surface area contributed by atoms with Gasteiger partial charge in [-0.2, -0.15) is 0 Å². The van der Waals surface area contributed by atoms with Crippen molar-refractivity contribution in [1.29, 1.82) is 0 Å². The van der Waals surface area contributed by atoms with E-state index in [4.69, 9.17) is 13.9 Å². The Hall–Kier alpha value is -3.61. The molecule has 7 heteroatoms. The summed E-state index contributed by atoms with van der Waals surface area (Å²) in [7, 11) is 0. The van der Waals surface area contributed by atoms with E-state index in [9.17, 15) is 14.4 Å². The van der Waals surface area contributed by atoms with Crippen molar-refractivity contribution in [2.45, 2.75) is 38.7 Å². The number of fused-ring (bicyclic) bond motifs is 3. The molecule has 160 valence electrons. The summed E-state index contributed by atoms with van der Waals surface area (Å²) in [6, 6.07) is 14.5. The van der Waals surface area contributed by atoms with Gasteiger partial charge in [0.15, 0.2) is 0 Å². The summed E-state index contributed by atoms with van der Waals surface area (Å²) in [5.74, 6) is -0.101. The number of aryl methyl sites for hydroxylation is 1. The number of carbonyl (C=O) groups excluding carboxylic acids is 2. The summed E-state index contributed by atoms with van der Waals surface area (Å²) >= 11 is 0. The summed E-state index contributed by atoms with van der Waals surface area (Å²) in [6.45, 7) is 0.484. The van der Waals surface area contributed by atoms with Gasteiger partial charge >= 0.3 is 17.7 Å². The number of nitrogens with one attached hydrogen (secondary N) is 1. The molecule has 0 atom stereocenters. The Kier molecular flexibility index (Phi) is 6.31. The van der Waals surface area contributed by atoms with E-state index in [1.54, 1.807) is 12.1 Å². The van der Waals surface area contributed by atoms with Crippen LogP contribution in [0.2, 0.25) is 0 Å². The highest BCUT2D eigenvalue weighted by molar-refractivity contribution is 5.84. The fourth-order valence-corrected chi connectivity index (χ4v) is 3.71. The Morgan fingerprint density at radius 1 is 1.03 bits per heavy atom. The summed E-state index contributed by atoms with van der Waals surface area (Å²) in [6.07, 6.45) is 2.56. The van der Waals surface area contributed by atoms with Crippen LogP contribution in [0.5, 0.6) is 5.75 Å². The van der Waals surface area contributed by atoms with Crippen LogP contribution in [0.4, 0.5) is 4.79 Å². The number of esters is 1.